The van der Waals surface area contributed by atoms with Crippen LogP contribution in [0.1, 0.15) is 33.5 Å². The molecule has 1 atom stereocenters. The van der Waals surface area contributed by atoms with Gasteiger partial charge in [-0.1, -0.05) is 29.3 Å². The van der Waals surface area contributed by atoms with E-state index >= 15 is 0 Å². The van der Waals surface area contributed by atoms with Crippen molar-refractivity contribution >= 4 is 44.9 Å². The number of rotatable bonds is 8. The lowest BCUT2D eigenvalue weighted by molar-refractivity contribution is -0.384. The summed E-state index contributed by atoms with van der Waals surface area (Å²) in [6.07, 6.45) is -10.7. The average molecular weight is 701 g/mol. The number of hydrogen-bond donors (Lipinski definition) is 0. The Balaban J connectivity index is 1.65. The zero-order valence-electron chi connectivity index (χ0n) is 22.5. The number of nitro groups is 1. The molecular formula is C27H20Cl2F6N2O7S. The second-order valence-electron chi connectivity index (χ2n) is 9.77. The predicted molar refractivity (Wildman–Crippen MR) is 147 cm³/mol. The van der Waals surface area contributed by atoms with Crippen LogP contribution in [0.3, 0.4) is 0 Å². The van der Waals surface area contributed by atoms with E-state index in [1.54, 1.807) is 0 Å². The van der Waals surface area contributed by atoms with E-state index in [-0.39, 0.29) is 46.9 Å². The molecular weight excluding hydrogens is 681 g/mol. The number of hydrogen-bond acceptors (Lipinski definition) is 7. The van der Waals surface area contributed by atoms with Crippen LogP contribution in [-0.4, -0.2) is 50.5 Å². The molecule has 4 rings (SSSR count). The molecule has 1 saturated heterocycles. The van der Waals surface area contributed by atoms with Crippen molar-refractivity contribution in [2.75, 3.05) is 26.3 Å². The fourth-order valence-corrected chi connectivity index (χ4v) is 5.79. The molecule has 45 heavy (non-hydrogen) atoms. The lowest BCUT2D eigenvalue weighted by Gasteiger charge is -2.43. The van der Waals surface area contributed by atoms with Crippen molar-refractivity contribution < 1.29 is 53.4 Å². The van der Waals surface area contributed by atoms with Crippen LogP contribution in [0, 0.1) is 10.1 Å². The third-order valence-corrected chi connectivity index (χ3v) is 8.90. The number of morpholine rings is 1. The first-order valence-electron chi connectivity index (χ1n) is 12.6. The molecule has 9 nitrogen and oxygen atoms in total. The van der Waals surface area contributed by atoms with Crippen molar-refractivity contribution in [1.29, 1.82) is 0 Å². The highest BCUT2D eigenvalue weighted by Gasteiger charge is 2.42. The second kappa shape index (κ2) is 12.7. The predicted octanol–water partition coefficient (Wildman–Crippen LogP) is 7.10. The summed E-state index contributed by atoms with van der Waals surface area (Å²) in [6.45, 7) is -1.54. The molecule has 3 aromatic carbocycles. The summed E-state index contributed by atoms with van der Waals surface area (Å²) in [5, 5.41) is 11.0. The van der Waals surface area contributed by atoms with Gasteiger partial charge in [0.15, 0.2) is 0 Å². The number of nitro benzene ring substituents is 1. The maximum atomic E-state index is 13.4. The van der Waals surface area contributed by atoms with E-state index in [0.29, 0.717) is 12.1 Å². The van der Waals surface area contributed by atoms with E-state index in [1.807, 2.05) is 0 Å². The van der Waals surface area contributed by atoms with Crippen molar-refractivity contribution in [3.63, 3.8) is 0 Å². The first-order valence-corrected chi connectivity index (χ1v) is 14.8. The van der Waals surface area contributed by atoms with Crippen molar-refractivity contribution in [3.8, 4) is 0 Å². The molecule has 1 unspecified atom stereocenters. The summed E-state index contributed by atoms with van der Waals surface area (Å²) < 4.78 is 117. The van der Waals surface area contributed by atoms with Crippen molar-refractivity contribution in [3.05, 3.63) is 103 Å². The molecule has 1 fully saturated rings. The second-order valence-corrected chi connectivity index (χ2v) is 12.2. The summed E-state index contributed by atoms with van der Waals surface area (Å²) in [6, 6.07) is 8.54. The van der Waals surface area contributed by atoms with E-state index in [2.05, 4.69) is 0 Å². The Bertz CT molecular complexity index is 1690. The van der Waals surface area contributed by atoms with Gasteiger partial charge in [-0.2, -0.15) is 34.8 Å². The van der Waals surface area contributed by atoms with E-state index < -0.39 is 73.6 Å². The molecule has 1 heterocycles. The molecule has 0 aliphatic carbocycles. The van der Waals surface area contributed by atoms with Gasteiger partial charge in [-0.05, 0) is 48.0 Å². The number of carbonyl (C=O) groups excluding carboxylic acids is 1. The topological polar surface area (TPSA) is 116 Å². The van der Waals surface area contributed by atoms with Crippen LogP contribution in [0.2, 0.25) is 10.0 Å². The van der Waals surface area contributed by atoms with Gasteiger partial charge in [0.2, 0.25) is 0 Å². The van der Waals surface area contributed by atoms with Crippen molar-refractivity contribution in [1.82, 2.24) is 4.90 Å². The Morgan fingerprint density at radius 2 is 1.56 bits per heavy atom. The van der Waals surface area contributed by atoms with E-state index in [4.69, 9.17) is 32.1 Å². The molecule has 1 aliphatic heterocycles. The van der Waals surface area contributed by atoms with E-state index in [1.165, 1.54) is 18.2 Å². The fourth-order valence-electron chi connectivity index (χ4n) is 4.59. The van der Waals surface area contributed by atoms with Crippen LogP contribution in [0.15, 0.2) is 65.6 Å². The number of amides is 1. The van der Waals surface area contributed by atoms with Gasteiger partial charge in [0.1, 0.15) is 5.60 Å². The van der Waals surface area contributed by atoms with Gasteiger partial charge >= 0.3 is 12.4 Å². The van der Waals surface area contributed by atoms with Crippen LogP contribution >= 0.6 is 23.2 Å². The third-order valence-electron chi connectivity index (χ3n) is 6.83. The Morgan fingerprint density at radius 3 is 2.09 bits per heavy atom. The highest BCUT2D eigenvalue weighted by atomic mass is 35.5. The van der Waals surface area contributed by atoms with Crippen LogP contribution in [0.5, 0.6) is 0 Å². The molecule has 0 bridgehead atoms. The highest BCUT2D eigenvalue weighted by Crippen LogP contribution is 2.39. The molecule has 242 valence electrons. The monoisotopic (exact) mass is 700 g/mol. The fraction of sp³-hybridized carbons (Fsp3) is 0.296. The first-order chi connectivity index (χ1) is 20.8. The van der Waals surface area contributed by atoms with E-state index in [9.17, 15) is 49.7 Å². The Kier molecular flexibility index (Phi) is 9.76. The molecule has 0 saturated carbocycles. The molecule has 0 aromatic heterocycles. The summed E-state index contributed by atoms with van der Waals surface area (Å²) in [4.78, 5) is 24.1. The van der Waals surface area contributed by atoms with Crippen LogP contribution in [-0.2, 0) is 37.0 Å². The van der Waals surface area contributed by atoms with Crippen molar-refractivity contribution in [2.45, 2.75) is 29.3 Å². The Labute approximate surface area is 261 Å². The first kappa shape index (κ1) is 34.4. The number of carbonyl (C=O) groups is 1. The SMILES string of the molecule is O=C(c1cc(C(F)(F)F)cc(C(F)(F)F)c1)N1CCOC(CCOS(=O)(=O)c2ccc([N+](=O)[O-])cc2)(c2ccc(Cl)c(Cl)c2)C1. The Morgan fingerprint density at radius 1 is 0.956 bits per heavy atom. The molecule has 1 amide bonds. The Hall–Kier alpha value is -3.44. The van der Waals surface area contributed by atoms with Crippen LogP contribution < -0.4 is 0 Å². The van der Waals surface area contributed by atoms with Crippen molar-refractivity contribution in [2.24, 2.45) is 0 Å². The minimum Gasteiger partial charge on any atom is -0.366 e. The lowest BCUT2D eigenvalue weighted by Crippen LogP contribution is -2.52. The maximum absolute atomic E-state index is 13.4. The summed E-state index contributed by atoms with van der Waals surface area (Å²) in [5.41, 5.74) is -5.94. The number of ether oxygens (including phenoxy) is 1. The largest absolute Gasteiger partial charge is 0.416 e. The number of benzene rings is 3. The van der Waals surface area contributed by atoms with Gasteiger partial charge in [0, 0.05) is 30.7 Å². The summed E-state index contributed by atoms with van der Waals surface area (Å²) in [7, 11) is -4.46. The summed E-state index contributed by atoms with van der Waals surface area (Å²) in [5.74, 6) is -1.17. The smallest absolute Gasteiger partial charge is 0.366 e. The standard InChI is InChI=1S/C27H20Cl2F6N2O7S/c28-22-6-1-17(14-23(22)29)25(7-9-44-45(41,42)21-4-2-20(3-5-21)37(39)40)15-36(8-10-43-25)24(38)16-11-18(26(30,31)32)13-19(12-16)27(33,34)35/h1-6,11-14H,7-10,15H2. The number of non-ortho nitro benzene ring substituents is 1. The minimum absolute atomic E-state index is 0.0349. The lowest BCUT2D eigenvalue weighted by atomic mass is 9.88. The molecule has 18 heteroatoms. The van der Waals surface area contributed by atoms with Gasteiger partial charge in [-0.3, -0.25) is 19.1 Å². The van der Waals surface area contributed by atoms with Gasteiger partial charge in [-0.25, -0.2) is 0 Å². The van der Waals surface area contributed by atoms with Gasteiger partial charge in [0.05, 0.1) is 50.7 Å². The van der Waals surface area contributed by atoms with E-state index in [0.717, 1.165) is 29.2 Å². The quantitative estimate of drug-likeness (QED) is 0.107. The number of halogens is 8. The van der Waals surface area contributed by atoms with Crippen LogP contribution in [0.4, 0.5) is 32.0 Å². The normalized spacial score (nSPS) is 17.7. The van der Waals surface area contributed by atoms with Crippen LogP contribution in [0.25, 0.3) is 0 Å². The third kappa shape index (κ3) is 7.87. The van der Waals surface area contributed by atoms with Gasteiger partial charge in [-0.15, -0.1) is 0 Å². The van der Waals surface area contributed by atoms with Gasteiger partial charge in [0.25, 0.3) is 21.7 Å². The maximum Gasteiger partial charge on any atom is 0.416 e. The molecule has 0 radical (unpaired) electrons. The summed E-state index contributed by atoms with van der Waals surface area (Å²) >= 11 is 12.2. The average Bonchev–Trinajstić information content (AvgIpc) is 2.97. The number of alkyl halides is 6. The zero-order chi connectivity index (χ0) is 33.4. The zero-order valence-corrected chi connectivity index (χ0v) is 24.8. The number of nitrogens with zero attached hydrogens (tertiary/aromatic N) is 2. The molecule has 1 aliphatic rings. The molecule has 0 spiro atoms. The van der Waals surface area contributed by atoms with Gasteiger partial charge < -0.3 is 9.64 Å². The molecule has 0 N–H and O–H groups in total. The highest BCUT2D eigenvalue weighted by molar-refractivity contribution is 7.86. The minimum atomic E-state index is -5.18. The molecule has 3 aromatic rings.